The zero-order valence-electron chi connectivity index (χ0n) is 4.84. The molecule has 0 aliphatic heterocycles. The van der Waals surface area contributed by atoms with Crippen LogP contribution in [0.25, 0.3) is 0 Å². The molecule has 0 aromatic heterocycles. The molecule has 0 aliphatic rings. The molecule has 0 heterocycles. The van der Waals surface area contributed by atoms with Crippen LogP contribution in [-0.4, -0.2) is 20.8 Å². The molecular formula is C4H8FO3S. The van der Waals surface area contributed by atoms with Gasteiger partial charge in [0.2, 0.25) is 0 Å². The van der Waals surface area contributed by atoms with Gasteiger partial charge < -0.3 is 0 Å². The molecule has 9 heavy (non-hydrogen) atoms. The maximum Gasteiger partial charge on any atom is 0.294 e. The molecule has 0 aliphatic carbocycles. The summed E-state index contributed by atoms with van der Waals surface area (Å²) in [5, 5.41) is 0. The van der Waals surface area contributed by atoms with Gasteiger partial charge >= 0.3 is 0 Å². The van der Waals surface area contributed by atoms with Crippen LogP contribution in [0.3, 0.4) is 0 Å². The van der Waals surface area contributed by atoms with Crippen molar-refractivity contribution in [3.63, 3.8) is 0 Å². The van der Waals surface area contributed by atoms with Crippen LogP contribution in [0.2, 0.25) is 0 Å². The molecular weight excluding hydrogens is 147 g/mol. The Kier molecular flexibility index (Phi) is 3.72. The molecule has 1 radical (unpaired) electrons. The molecule has 0 spiro atoms. The van der Waals surface area contributed by atoms with Gasteiger partial charge in [0.15, 0.2) is 0 Å². The van der Waals surface area contributed by atoms with E-state index in [1.165, 1.54) is 0 Å². The largest absolute Gasteiger partial charge is 0.294 e. The normalized spacial score (nSPS) is 11.8. The van der Waals surface area contributed by atoms with Crippen molar-refractivity contribution in [3.8, 4) is 0 Å². The van der Waals surface area contributed by atoms with E-state index in [0.717, 1.165) is 0 Å². The number of unbranched alkanes of at least 4 members (excludes halogenated alkanes) is 1. The van der Waals surface area contributed by atoms with Gasteiger partial charge in [0.05, 0.1) is 12.4 Å². The molecule has 0 saturated carbocycles. The Morgan fingerprint density at radius 2 is 1.78 bits per heavy atom. The Morgan fingerprint density at radius 1 is 1.22 bits per heavy atom. The minimum atomic E-state index is -4.11. The monoisotopic (exact) mass is 155 g/mol. The van der Waals surface area contributed by atoms with Crippen LogP contribution in [0.1, 0.15) is 12.8 Å². The molecule has 55 valence electrons. The molecule has 0 aromatic rings. The molecule has 0 aromatic carbocycles. The van der Waals surface area contributed by atoms with E-state index >= 15 is 0 Å². The van der Waals surface area contributed by atoms with Gasteiger partial charge in [-0.1, -0.05) is 4.55 Å². The Labute approximate surface area is 53.6 Å². The summed E-state index contributed by atoms with van der Waals surface area (Å²) in [5.41, 5.74) is 0. The Morgan fingerprint density at radius 3 is 2.11 bits per heavy atom. The van der Waals surface area contributed by atoms with Crippen molar-refractivity contribution >= 4 is 10.1 Å². The average Bonchev–Trinajstić information content (AvgIpc) is 1.63. The van der Waals surface area contributed by atoms with Crippen molar-refractivity contribution in [1.29, 1.82) is 0 Å². The number of alkyl halides is 1. The Balaban J connectivity index is 3.30. The smallest absolute Gasteiger partial charge is 0.251 e. The first-order valence-corrected chi connectivity index (χ1v) is 4.13. The molecule has 0 fully saturated rings. The Bertz CT molecular complexity index is 151. The molecule has 0 unspecified atom stereocenters. The van der Waals surface area contributed by atoms with E-state index in [1.54, 1.807) is 0 Å². The highest BCUT2D eigenvalue weighted by atomic mass is 32.2. The van der Waals surface area contributed by atoms with E-state index in [9.17, 15) is 17.4 Å². The molecule has 0 saturated heterocycles. The van der Waals surface area contributed by atoms with Crippen LogP contribution >= 0.6 is 0 Å². The van der Waals surface area contributed by atoms with Gasteiger partial charge in [-0.15, -0.1) is 0 Å². The van der Waals surface area contributed by atoms with E-state index in [4.69, 9.17) is 0 Å². The molecule has 0 N–H and O–H groups in total. The standard InChI is InChI=1S/C4H8FO3S/c5-3-1-2-4-9(6,7)8/h1-4H2. The van der Waals surface area contributed by atoms with Gasteiger partial charge in [0.1, 0.15) is 0 Å². The van der Waals surface area contributed by atoms with Crippen LogP contribution < -0.4 is 0 Å². The van der Waals surface area contributed by atoms with Crippen LogP contribution in [0.5, 0.6) is 0 Å². The second-order valence-corrected chi connectivity index (χ2v) is 3.18. The van der Waals surface area contributed by atoms with Crippen molar-refractivity contribution in [1.82, 2.24) is 0 Å². The minimum Gasteiger partial charge on any atom is -0.251 e. The fraction of sp³-hybridized carbons (Fsp3) is 1.00. The summed E-state index contributed by atoms with van der Waals surface area (Å²) in [5.74, 6) is -0.448. The third-order valence-corrected chi connectivity index (χ3v) is 1.57. The zero-order chi connectivity index (χ0) is 7.33. The summed E-state index contributed by atoms with van der Waals surface area (Å²) in [6.45, 7) is -0.560. The SMILES string of the molecule is [O]S(=O)(=O)CCCCF. The van der Waals surface area contributed by atoms with Crippen molar-refractivity contribution in [2.75, 3.05) is 12.4 Å². The van der Waals surface area contributed by atoms with Gasteiger partial charge in [-0.2, -0.15) is 8.42 Å². The maximum absolute atomic E-state index is 11.3. The van der Waals surface area contributed by atoms with Crippen LogP contribution in [0, 0.1) is 0 Å². The molecule has 0 amide bonds. The lowest BCUT2D eigenvalue weighted by molar-refractivity contribution is 0.409. The van der Waals surface area contributed by atoms with Crippen molar-refractivity contribution in [2.45, 2.75) is 12.8 Å². The lowest BCUT2D eigenvalue weighted by atomic mass is 10.4. The quantitative estimate of drug-likeness (QED) is 0.555. The van der Waals surface area contributed by atoms with Crippen LogP contribution in [0.4, 0.5) is 4.39 Å². The zero-order valence-corrected chi connectivity index (χ0v) is 5.66. The van der Waals surface area contributed by atoms with Crippen molar-refractivity contribution in [3.05, 3.63) is 0 Å². The highest BCUT2D eigenvalue weighted by molar-refractivity contribution is 7.85. The van der Waals surface area contributed by atoms with E-state index in [1.807, 2.05) is 0 Å². The third kappa shape index (κ3) is 7.84. The summed E-state index contributed by atoms with van der Waals surface area (Å²) in [6.07, 6.45) is 0.282. The Hall–Kier alpha value is -0.160. The fourth-order valence-electron chi connectivity index (χ4n) is 0.373. The number of rotatable bonds is 4. The van der Waals surface area contributed by atoms with Gasteiger partial charge in [-0.05, 0) is 12.8 Å². The number of halogens is 1. The molecule has 5 heteroatoms. The fourth-order valence-corrected chi connectivity index (χ4v) is 0.931. The first-order valence-electron chi connectivity index (χ1n) is 2.56. The maximum atomic E-state index is 11.3. The highest BCUT2D eigenvalue weighted by Gasteiger charge is 2.04. The predicted molar refractivity (Wildman–Crippen MR) is 29.7 cm³/mol. The molecule has 3 nitrogen and oxygen atoms in total. The lowest BCUT2D eigenvalue weighted by Crippen LogP contribution is -2.01. The van der Waals surface area contributed by atoms with Gasteiger partial charge in [0, 0.05) is 0 Å². The topological polar surface area (TPSA) is 54.0 Å². The van der Waals surface area contributed by atoms with Crippen LogP contribution in [-0.2, 0) is 14.7 Å². The summed E-state index contributed by atoms with van der Waals surface area (Å²) in [7, 11) is -4.11. The predicted octanol–water partition coefficient (Wildman–Crippen LogP) is 0.496. The second-order valence-electron chi connectivity index (χ2n) is 1.66. The molecule has 0 bridgehead atoms. The first kappa shape index (κ1) is 8.84. The van der Waals surface area contributed by atoms with E-state index in [0.29, 0.717) is 0 Å². The van der Waals surface area contributed by atoms with E-state index in [-0.39, 0.29) is 12.8 Å². The number of hydrogen-bond acceptors (Lipinski definition) is 2. The second kappa shape index (κ2) is 3.79. The lowest BCUT2D eigenvalue weighted by Gasteiger charge is -1.89. The number of hydrogen-bond donors (Lipinski definition) is 0. The summed E-state index contributed by atoms with van der Waals surface area (Å²) >= 11 is 0. The van der Waals surface area contributed by atoms with Gasteiger partial charge in [-0.3, -0.25) is 4.39 Å². The average molecular weight is 155 g/mol. The summed E-state index contributed by atoms with van der Waals surface area (Å²) < 4.78 is 40.8. The molecule has 0 rings (SSSR count). The minimum absolute atomic E-state index is 0.127. The van der Waals surface area contributed by atoms with E-state index < -0.39 is 22.5 Å². The summed E-state index contributed by atoms with van der Waals surface area (Å²) in [4.78, 5) is 0. The molecule has 0 atom stereocenters. The highest BCUT2D eigenvalue weighted by Crippen LogP contribution is 1.93. The van der Waals surface area contributed by atoms with Gasteiger partial charge in [-0.25, -0.2) is 0 Å². The van der Waals surface area contributed by atoms with Crippen molar-refractivity contribution < 1.29 is 17.4 Å². The summed E-state index contributed by atoms with van der Waals surface area (Å²) in [6, 6.07) is 0. The van der Waals surface area contributed by atoms with E-state index in [2.05, 4.69) is 0 Å². The van der Waals surface area contributed by atoms with Crippen molar-refractivity contribution in [2.24, 2.45) is 0 Å². The van der Waals surface area contributed by atoms with Gasteiger partial charge in [0.25, 0.3) is 10.1 Å². The van der Waals surface area contributed by atoms with Crippen LogP contribution in [0.15, 0.2) is 0 Å². The third-order valence-electron chi connectivity index (χ3n) is 0.778. The first-order chi connectivity index (χ1) is 4.06.